The monoisotopic (exact) mass is 521 g/mol. The lowest BCUT2D eigenvalue weighted by Gasteiger charge is -2.26. The van der Waals surface area contributed by atoms with E-state index in [0.29, 0.717) is 45.8 Å². The summed E-state index contributed by atoms with van der Waals surface area (Å²) in [6.07, 6.45) is 0.778. The Morgan fingerprint density at radius 3 is 2.47 bits per heavy atom. The molecule has 1 aromatic heterocycles. The maximum atomic E-state index is 13.0. The zero-order chi connectivity index (χ0) is 25.7. The quantitative estimate of drug-likeness (QED) is 0.279. The van der Waals surface area contributed by atoms with Gasteiger partial charge in [-0.25, -0.2) is 0 Å². The Morgan fingerprint density at radius 2 is 1.75 bits per heavy atom. The van der Waals surface area contributed by atoms with Gasteiger partial charge in [-0.2, -0.15) is 0 Å². The summed E-state index contributed by atoms with van der Waals surface area (Å²) in [5.41, 5.74) is 4.33. The molecule has 0 aliphatic rings. The first-order valence-electron chi connectivity index (χ1n) is 11.5. The molecule has 0 saturated heterocycles. The van der Waals surface area contributed by atoms with Gasteiger partial charge < -0.3 is 24.7 Å². The lowest BCUT2D eigenvalue weighted by molar-refractivity contribution is 0.355. The molecule has 0 aliphatic heterocycles. The minimum atomic E-state index is -0.179. The smallest absolute Gasteiger partial charge is 0.253 e. The van der Waals surface area contributed by atoms with E-state index in [0.717, 1.165) is 17.5 Å². The fourth-order valence-corrected chi connectivity index (χ4v) is 4.53. The molecule has 0 bridgehead atoms. The standard InChI is InChI=1S/C28H28ClN3O3S/c1-18-7-4-5-8-19(18)11-12-32(28(36)30-23-10-6-9-22(29)15-23)17-21-13-20-14-25(34-2)26(35-3)16-24(20)31-27(21)33/h4-10,13-16H,11-12,17H2,1-3H3,(H,30,36)(H,31,33). The highest BCUT2D eigenvalue weighted by Gasteiger charge is 2.16. The van der Waals surface area contributed by atoms with Crippen LogP contribution in [0.25, 0.3) is 10.9 Å². The topological polar surface area (TPSA) is 66.6 Å². The van der Waals surface area contributed by atoms with Crippen LogP contribution in [-0.2, 0) is 13.0 Å². The maximum Gasteiger partial charge on any atom is 0.253 e. The molecule has 0 radical (unpaired) electrons. The Hall–Kier alpha value is -3.55. The molecule has 6 nitrogen and oxygen atoms in total. The van der Waals surface area contributed by atoms with Crippen molar-refractivity contribution in [1.29, 1.82) is 0 Å². The summed E-state index contributed by atoms with van der Waals surface area (Å²) in [6.45, 7) is 3.05. The molecule has 0 amide bonds. The summed E-state index contributed by atoms with van der Waals surface area (Å²) in [7, 11) is 3.15. The van der Waals surface area contributed by atoms with Crippen LogP contribution < -0.4 is 20.3 Å². The number of hydrogen-bond acceptors (Lipinski definition) is 4. The fourth-order valence-electron chi connectivity index (χ4n) is 4.07. The molecule has 2 N–H and O–H groups in total. The van der Waals surface area contributed by atoms with Crippen molar-refractivity contribution in [2.24, 2.45) is 0 Å². The molecule has 0 saturated carbocycles. The molecule has 0 fully saturated rings. The number of rotatable bonds is 8. The number of benzene rings is 3. The van der Waals surface area contributed by atoms with Crippen molar-refractivity contribution in [2.45, 2.75) is 19.9 Å². The van der Waals surface area contributed by atoms with Gasteiger partial charge in [0.1, 0.15) is 0 Å². The van der Waals surface area contributed by atoms with Gasteiger partial charge in [-0.15, -0.1) is 0 Å². The second-order valence-corrected chi connectivity index (χ2v) is 9.28. The number of halogens is 1. The number of pyridine rings is 1. The van der Waals surface area contributed by atoms with Crippen LogP contribution in [0.1, 0.15) is 16.7 Å². The van der Waals surface area contributed by atoms with Gasteiger partial charge in [-0.05, 0) is 67.0 Å². The number of methoxy groups -OCH3 is 2. The van der Waals surface area contributed by atoms with E-state index in [1.165, 1.54) is 11.1 Å². The first kappa shape index (κ1) is 25.5. The van der Waals surface area contributed by atoms with Gasteiger partial charge in [0, 0.05) is 34.3 Å². The van der Waals surface area contributed by atoms with Crippen LogP contribution in [-0.4, -0.2) is 35.8 Å². The van der Waals surface area contributed by atoms with E-state index in [1.807, 2.05) is 53.4 Å². The number of hydrogen-bond donors (Lipinski definition) is 2. The van der Waals surface area contributed by atoms with Crippen LogP contribution in [0.3, 0.4) is 0 Å². The second kappa shape index (κ2) is 11.5. The maximum absolute atomic E-state index is 13.0. The van der Waals surface area contributed by atoms with Crippen LogP contribution in [0.4, 0.5) is 5.69 Å². The predicted molar refractivity (Wildman–Crippen MR) is 151 cm³/mol. The van der Waals surface area contributed by atoms with Gasteiger partial charge in [0.2, 0.25) is 0 Å². The first-order chi connectivity index (χ1) is 17.4. The summed E-state index contributed by atoms with van der Waals surface area (Å²) in [5.74, 6) is 1.15. The van der Waals surface area contributed by atoms with Gasteiger partial charge in [0.25, 0.3) is 5.56 Å². The highest BCUT2D eigenvalue weighted by molar-refractivity contribution is 7.80. The van der Waals surface area contributed by atoms with Gasteiger partial charge in [-0.1, -0.05) is 41.9 Å². The molecule has 4 rings (SSSR count). The number of ether oxygens (including phenoxy) is 2. The molecule has 0 spiro atoms. The number of aromatic amines is 1. The van der Waals surface area contributed by atoms with Gasteiger partial charge in [0.05, 0.1) is 26.3 Å². The third-order valence-corrected chi connectivity index (χ3v) is 6.66. The normalized spacial score (nSPS) is 10.8. The van der Waals surface area contributed by atoms with E-state index in [-0.39, 0.29) is 5.56 Å². The molecule has 0 aliphatic carbocycles. The molecule has 8 heteroatoms. The number of anilines is 1. The van der Waals surface area contributed by atoms with E-state index in [1.54, 1.807) is 20.3 Å². The average molecular weight is 522 g/mol. The summed E-state index contributed by atoms with van der Waals surface area (Å²) in [5, 5.41) is 5.24. The Morgan fingerprint density at radius 1 is 1.00 bits per heavy atom. The number of nitrogens with one attached hydrogen (secondary N) is 2. The SMILES string of the molecule is COc1cc2cc(CN(CCc3ccccc3C)C(=S)Nc3cccc(Cl)c3)c(=O)[nH]c2cc1OC. The van der Waals surface area contributed by atoms with Gasteiger partial charge >= 0.3 is 0 Å². The zero-order valence-electron chi connectivity index (χ0n) is 20.4. The Kier molecular flexibility index (Phi) is 8.13. The Labute approximate surface area is 220 Å². The molecule has 4 aromatic rings. The molecule has 186 valence electrons. The number of aryl methyl sites for hydroxylation is 1. The molecular formula is C28H28ClN3O3S. The van der Waals surface area contributed by atoms with Gasteiger partial charge in [-0.3, -0.25) is 4.79 Å². The van der Waals surface area contributed by atoms with E-state index >= 15 is 0 Å². The third-order valence-electron chi connectivity index (χ3n) is 6.06. The minimum Gasteiger partial charge on any atom is -0.493 e. The predicted octanol–water partition coefficient (Wildman–Crippen LogP) is 5.95. The summed E-state index contributed by atoms with van der Waals surface area (Å²) in [6, 6.07) is 21.2. The largest absolute Gasteiger partial charge is 0.493 e. The zero-order valence-corrected chi connectivity index (χ0v) is 22.0. The van der Waals surface area contributed by atoms with E-state index < -0.39 is 0 Å². The van der Waals surface area contributed by atoms with Crippen molar-refractivity contribution in [2.75, 3.05) is 26.1 Å². The van der Waals surface area contributed by atoms with Gasteiger partial charge in [0.15, 0.2) is 16.6 Å². The number of nitrogens with zero attached hydrogens (tertiary/aromatic N) is 1. The lowest BCUT2D eigenvalue weighted by atomic mass is 10.1. The van der Waals surface area contributed by atoms with Crippen molar-refractivity contribution in [3.63, 3.8) is 0 Å². The molecule has 1 heterocycles. The lowest BCUT2D eigenvalue weighted by Crippen LogP contribution is -2.37. The van der Waals surface area contributed by atoms with Crippen LogP contribution >= 0.6 is 23.8 Å². The molecule has 36 heavy (non-hydrogen) atoms. The first-order valence-corrected chi connectivity index (χ1v) is 12.3. The third kappa shape index (κ3) is 5.98. The van der Waals surface area contributed by atoms with E-state index in [4.69, 9.17) is 33.3 Å². The summed E-state index contributed by atoms with van der Waals surface area (Å²) in [4.78, 5) is 18.0. The molecule has 0 unspecified atom stereocenters. The molecule has 0 atom stereocenters. The number of H-pyrrole nitrogens is 1. The average Bonchev–Trinajstić information content (AvgIpc) is 2.86. The second-order valence-electron chi connectivity index (χ2n) is 8.46. The number of aromatic nitrogens is 1. The Balaban J connectivity index is 1.65. The van der Waals surface area contributed by atoms with Crippen molar-refractivity contribution in [1.82, 2.24) is 9.88 Å². The van der Waals surface area contributed by atoms with Crippen LogP contribution in [0.2, 0.25) is 5.02 Å². The fraction of sp³-hybridized carbons (Fsp3) is 0.214. The number of fused-ring (bicyclic) bond motifs is 1. The van der Waals surface area contributed by atoms with E-state index in [2.05, 4.69) is 29.4 Å². The minimum absolute atomic E-state index is 0.179. The van der Waals surface area contributed by atoms with Crippen LogP contribution in [0.5, 0.6) is 11.5 Å². The van der Waals surface area contributed by atoms with Crippen molar-refractivity contribution in [3.8, 4) is 11.5 Å². The number of thiocarbonyl (C=S) groups is 1. The summed E-state index contributed by atoms with van der Waals surface area (Å²) < 4.78 is 10.8. The highest BCUT2D eigenvalue weighted by Crippen LogP contribution is 2.31. The van der Waals surface area contributed by atoms with Crippen molar-refractivity contribution in [3.05, 3.63) is 98.8 Å². The summed E-state index contributed by atoms with van der Waals surface area (Å²) >= 11 is 11.9. The van der Waals surface area contributed by atoms with Crippen molar-refractivity contribution >= 4 is 45.5 Å². The van der Waals surface area contributed by atoms with Crippen molar-refractivity contribution < 1.29 is 9.47 Å². The van der Waals surface area contributed by atoms with Crippen LogP contribution in [0.15, 0.2) is 71.5 Å². The highest BCUT2D eigenvalue weighted by atomic mass is 35.5. The van der Waals surface area contributed by atoms with Crippen LogP contribution in [0, 0.1) is 6.92 Å². The van der Waals surface area contributed by atoms with E-state index in [9.17, 15) is 4.79 Å². The Bertz CT molecular complexity index is 1450. The molecular weight excluding hydrogens is 494 g/mol. The molecule has 3 aromatic carbocycles.